The molecule has 1 amide bonds. The van der Waals surface area contributed by atoms with Crippen molar-refractivity contribution in [2.24, 2.45) is 10.3 Å². The number of hydrogen-bond donors (Lipinski definition) is 0. The second-order valence-electron chi connectivity index (χ2n) is 13.2. The van der Waals surface area contributed by atoms with E-state index in [9.17, 15) is 9.35 Å². The highest BCUT2D eigenvalue weighted by molar-refractivity contribution is 7.91. The molecule has 0 rings (SSSR count). The summed E-state index contributed by atoms with van der Waals surface area (Å²) in [5.74, 6) is 0.478. The van der Waals surface area contributed by atoms with Crippen LogP contribution in [0.2, 0.25) is 18.1 Å². The number of carbonyl (C=O) groups is 1. The number of amides is 1. The third kappa shape index (κ3) is 13.5. The summed E-state index contributed by atoms with van der Waals surface area (Å²) >= 11 is -1.25. The summed E-state index contributed by atoms with van der Waals surface area (Å²) in [6, 6.07) is -0.0794. The quantitative estimate of drug-likeness (QED) is 0.117. The van der Waals surface area contributed by atoms with Crippen LogP contribution in [0.3, 0.4) is 0 Å². The van der Waals surface area contributed by atoms with E-state index in [-0.39, 0.29) is 21.9 Å². The lowest BCUT2D eigenvalue weighted by molar-refractivity contribution is 0.00773. The number of rotatable bonds is 12. The minimum absolute atomic E-state index is 0.0794. The Hall–Kier alpha value is -0.573. The largest absolute Gasteiger partial charge is 0.591 e. The molecule has 6 nitrogen and oxygen atoms in total. The van der Waals surface area contributed by atoms with Crippen molar-refractivity contribution in [2.45, 2.75) is 136 Å². The van der Waals surface area contributed by atoms with Crippen molar-refractivity contribution in [1.29, 1.82) is 0 Å². The summed E-state index contributed by atoms with van der Waals surface area (Å²) < 4.78 is 28.4. The van der Waals surface area contributed by atoms with Gasteiger partial charge in [-0.3, -0.25) is 0 Å². The summed E-state index contributed by atoms with van der Waals surface area (Å²) in [5.41, 5.74) is -0.554. The molecule has 0 saturated heterocycles. The van der Waals surface area contributed by atoms with Crippen LogP contribution in [0.5, 0.6) is 0 Å². The van der Waals surface area contributed by atoms with Crippen molar-refractivity contribution in [1.82, 2.24) is 4.90 Å². The zero-order chi connectivity index (χ0) is 27.0. The Morgan fingerprint density at radius 3 is 2.06 bits per heavy atom. The van der Waals surface area contributed by atoms with Gasteiger partial charge in [0.1, 0.15) is 21.7 Å². The number of hydrogen-bond acceptors (Lipinski definition) is 5. The molecule has 0 aliphatic heterocycles. The summed E-state index contributed by atoms with van der Waals surface area (Å²) in [7, 11) is -1.98. The first-order valence-corrected chi connectivity index (χ1v) is 16.8. The van der Waals surface area contributed by atoms with Gasteiger partial charge in [0.2, 0.25) is 0 Å². The molecule has 0 aromatic heterocycles. The average molecular weight is 519 g/mol. The molecule has 0 bridgehead atoms. The van der Waals surface area contributed by atoms with Gasteiger partial charge in [-0.05, 0) is 91.3 Å². The normalized spacial score (nSPS) is 15.6. The Kier molecular flexibility index (Phi) is 13.4. The second kappa shape index (κ2) is 13.7. The summed E-state index contributed by atoms with van der Waals surface area (Å²) in [5, 5.41) is 0.0932. The first-order chi connectivity index (χ1) is 15.2. The standard InChI is InChI=1S/C26H54N2O4SSi/c1-21(2)17-19-28(23(29)32-24(3,4)5)22(20-31-34(12,13)26(9,10)11)16-14-15-18-27-33(30)25(6,7)8/h18,21-22H,14-17,19-20H2,1-13H3/b27-18+/t22-,33+/m0/s1. The summed E-state index contributed by atoms with van der Waals surface area (Å²) in [6.45, 7) is 28.1. The topological polar surface area (TPSA) is 74.2 Å². The minimum atomic E-state index is -1.98. The monoisotopic (exact) mass is 518 g/mol. The van der Waals surface area contributed by atoms with Crippen molar-refractivity contribution >= 4 is 32.0 Å². The van der Waals surface area contributed by atoms with Gasteiger partial charge in [-0.2, -0.15) is 0 Å². The molecule has 0 heterocycles. The van der Waals surface area contributed by atoms with Crippen LogP contribution >= 0.6 is 0 Å². The van der Waals surface area contributed by atoms with Gasteiger partial charge >= 0.3 is 6.09 Å². The molecule has 34 heavy (non-hydrogen) atoms. The maximum Gasteiger partial charge on any atom is 0.410 e. The van der Waals surface area contributed by atoms with Crippen molar-refractivity contribution in [3.05, 3.63) is 0 Å². The molecule has 0 aliphatic carbocycles. The second-order valence-corrected chi connectivity index (χ2v) is 19.9. The third-order valence-corrected chi connectivity index (χ3v) is 11.9. The molecule has 0 radical (unpaired) electrons. The molecule has 0 aliphatic rings. The van der Waals surface area contributed by atoms with Gasteiger partial charge in [-0.25, -0.2) is 4.79 Å². The molecule has 0 saturated carbocycles. The highest BCUT2D eigenvalue weighted by Gasteiger charge is 2.38. The Balaban J connectivity index is 5.59. The molecule has 2 atom stereocenters. The lowest BCUT2D eigenvalue weighted by Gasteiger charge is -2.40. The van der Waals surface area contributed by atoms with Crippen molar-refractivity contribution in [2.75, 3.05) is 13.2 Å². The van der Waals surface area contributed by atoms with E-state index >= 15 is 0 Å². The molecule has 0 N–H and O–H groups in total. The molecule has 0 unspecified atom stereocenters. The van der Waals surface area contributed by atoms with Crippen LogP contribution in [-0.2, 0) is 20.5 Å². The van der Waals surface area contributed by atoms with Gasteiger partial charge in [-0.1, -0.05) is 39.0 Å². The van der Waals surface area contributed by atoms with Crippen LogP contribution in [0, 0.1) is 5.92 Å². The van der Waals surface area contributed by atoms with E-state index < -0.39 is 25.3 Å². The fraction of sp³-hybridized carbons (Fsp3) is 0.923. The highest BCUT2D eigenvalue weighted by Crippen LogP contribution is 2.37. The predicted octanol–water partition coefficient (Wildman–Crippen LogP) is 7.36. The molecule has 202 valence electrons. The van der Waals surface area contributed by atoms with Crippen molar-refractivity contribution in [3.63, 3.8) is 0 Å². The zero-order valence-corrected chi connectivity index (χ0v) is 26.2. The molecular weight excluding hydrogens is 464 g/mol. The van der Waals surface area contributed by atoms with E-state index in [1.165, 1.54) is 0 Å². The molecule has 0 aromatic carbocycles. The first kappa shape index (κ1) is 33.4. The average Bonchev–Trinajstić information content (AvgIpc) is 2.61. The highest BCUT2D eigenvalue weighted by atomic mass is 32.2. The number of unbranched alkanes of at least 4 members (excludes halogenated alkanes) is 1. The molecule has 8 heteroatoms. The van der Waals surface area contributed by atoms with Gasteiger partial charge in [-0.15, -0.1) is 0 Å². The molecule has 0 spiro atoms. The van der Waals surface area contributed by atoms with E-state index in [1.54, 1.807) is 6.21 Å². The third-order valence-electron chi connectivity index (χ3n) is 6.02. The van der Waals surface area contributed by atoms with Crippen molar-refractivity contribution in [3.8, 4) is 0 Å². The van der Waals surface area contributed by atoms with Crippen LogP contribution in [0.25, 0.3) is 0 Å². The van der Waals surface area contributed by atoms with Gasteiger partial charge in [0, 0.05) is 6.54 Å². The number of ether oxygens (including phenoxy) is 1. The Bertz CT molecular complexity index is 634. The first-order valence-electron chi connectivity index (χ1n) is 12.8. The van der Waals surface area contributed by atoms with Crippen LogP contribution < -0.4 is 0 Å². The zero-order valence-electron chi connectivity index (χ0n) is 24.4. The van der Waals surface area contributed by atoms with E-state index in [2.05, 4.69) is 52.1 Å². The van der Waals surface area contributed by atoms with E-state index in [0.717, 1.165) is 19.3 Å². The van der Waals surface area contributed by atoms with Gasteiger partial charge in [0.05, 0.1) is 18.9 Å². The van der Waals surface area contributed by atoms with Gasteiger partial charge < -0.3 is 18.6 Å². The van der Waals surface area contributed by atoms with Crippen LogP contribution in [0.1, 0.15) is 102 Å². The molecular formula is C26H54N2O4SSi. The maximum atomic E-state index is 13.2. The molecule has 0 aromatic rings. The van der Waals surface area contributed by atoms with Gasteiger partial charge in [0.15, 0.2) is 8.32 Å². The molecule has 0 fully saturated rings. The summed E-state index contributed by atoms with van der Waals surface area (Å²) in [6.07, 6.45) is 4.71. The Morgan fingerprint density at radius 2 is 1.62 bits per heavy atom. The predicted molar refractivity (Wildman–Crippen MR) is 150 cm³/mol. The van der Waals surface area contributed by atoms with E-state index in [1.807, 2.05) is 46.4 Å². The van der Waals surface area contributed by atoms with E-state index in [4.69, 9.17) is 9.16 Å². The SMILES string of the molecule is CC(C)CCN(C(=O)OC(C)(C)C)[C@@H](CCC/C=N/[S@+]([O-])C(C)(C)C)CO[Si](C)(C)C(C)(C)C. The van der Waals surface area contributed by atoms with Crippen molar-refractivity contribution < 1.29 is 18.5 Å². The fourth-order valence-electron chi connectivity index (χ4n) is 2.71. The summed E-state index contributed by atoms with van der Waals surface area (Å²) in [4.78, 5) is 15.1. The number of carbonyl (C=O) groups excluding carboxylic acids is 1. The van der Waals surface area contributed by atoms with Crippen LogP contribution in [0.4, 0.5) is 4.79 Å². The minimum Gasteiger partial charge on any atom is -0.591 e. The fourth-order valence-corrected chi connectivity index (χ4v) is 4.31. The Labute approximate surface area is 215 Å². The van der Waals surface area contributed by atoms with E-state index in [0.29, 0.717) is 25.5 Å². The Morgan fingerprint density at radius 1 is 1.06 bits per heavy atom. The smallest absolute Gasteiger partial charge is 0.410 e. The van der Waals surface area contributed by atoms with Crippen LogP contribution in [0.15, 0.2) is 4.40 Å². The van der Waals surface area contributed by atoms with Gasteiger partial charge in [0.25, 0.3) is 0 Å². The van der Waals surface area contributed by atoms with Crippen LogP contribution in [-0.4, -0.2) is 59.6 Å². The lowest BCUT2D eigenvalue weighted by Crippen LogP contribution is -2.49. The number of nitrogens with zero attached hydrogens (tertiary/aromatic N) is 2. The lowest BCUT2D eigenvalue weighted by atomic mass is 10.1. The maximum absolute atomic E-state index is 13.2.